The Balaban J connectivity index is 1.89. The zero-order chi connectivity index (χ0) is 28.7. The van der Waals surface area contributed by atoms with Crippen LogP contribution in [0.5, 0.6) is 0 Å². The number of furan rings is 1. The number of benzene rings is 3. The van der Waals surface area contributed by atoms with Gasteiger partial charge in [0.25, 0.3) is 0 Å². The highest BCUT2D eigenvalue weighted by molar-refractivity contribution is 6.75. The van der Waals surface area contributed by atoms with Crippen LogP contribution in [0.2, 0.25) is 19.6 Å². The Hall–Kier alpha value is -2.91. The van der Waals surface area contributed by atoms with Gasteiger partial charge in [-0.3, -0.25) is 0 Å². The van der Waals surface area contributed by atoms with Crippen LogP contribution < -0.4 is 4.57 Å². The Bertz CT molecular complexity index is 1760. The molecule has 3 heteroatoms. The first kappa shape index (κ1) is 19.3. The van der Waals surface area contributed by atoms with Crippen molar-refractivity contribution >= 4 is 40.8 Å². The van der Waals surface area contributed by atoms with Crippen LogP contribution in [0.25, 0.3) is 44.0 Å². The summed E-state index contributed by atoms with van der Waals surface area (Å²) in [6.07, 6.45) is 0.0486. The highest BCUT2D eigenvalue weighted by Gasteiger charge is 2.27. The smallest absolute Gasteiger partial charge is 0.216 e. The fourth-order valence-electron chi connectivity index (χ4n) is 4.89. The third kappa shape index (κ3) is 4.54. The molecule has 5 aromatic rings. The number of hydrogen-bond donors (Lipinski definition) is 0. The Kier molecular flexibility index (Phi) is 4.60. The van der Waals surface area contributed by atoms with E-state index < -0.39 is 25.9 Å². The molecule has 5 rings (SSSR count). The Morgan fingerprint density at radius 2 is 1.57 bits per heavy atom. The maximum absolute atomic E-state index is 9.25. The van der Waals surface area contributed by atoms with E-state index in [-0.39, 0.29) is 0 Å². The van der Waals surface area contributed by atoms with E-state index in [1.54, 1.807) is 0 Å². The number of rotatable bonds is 4. The Morgan fingerprint density at radius 1 is 0.886 bits per heavy atom. The molecule has 0 aliphatic rings. The lowest BCUT2D eigenvalue weighted by molar-refractivity contribution is -0.660. The van der Waals surface area contributed by atoms with Crippen LogP contribution >= 0.6 is 0 Å². The average molecular weight is 485 g/mol. The van der Waals surface area contributed by atoms with Crippen molar-refractivity contribution in [1.82, 2.24) is 0 Å². The molecule has 0 N–H and O–H groups in total. The maximum atomic E-state index is 9.25. The summed E-state index contributed by atoms with van der Waals surface area (Å²) in [5.41, 5.74) is 4.44. The summed E-state index contributed by atoms with van der Waals surface area (Å²) >= 11 is 0. The van der Waals surface area contributed by atoms with Gasteiger partial charge in [-0.15, -0.1) is 0 Å². The third-order valence-electron chi connectivity index (χ3n) is 6.29. The molecule has 2 aromatic heterocycles. The minimum atomic E-state index is -2.38. The minimum absolute atomic E-state index is 0.411. The number of hydrogen-bond acceptors (Lipinski definition) is 1. The largest absolute Gasteiger partial charge is 0.454 e. The van der Waals surface area contributed by atoms with Crippen LogP contribution in [-0.2, 0) is 19.4 Å². The molecule has 0 radical (unpaired) electrons. The van der Waals surface area contributed by atoms with Gasteiger partial charge in [-0.25, -0.2) is 4.57 Å². The molecule has 0 bridgehead atoms. The van der Waals surface area contributed by atoms with E-state index in [4.69, 9.17) is 7.16 Å². The third-order valence-corrected chi connectivity index (χ3v) is 7.31. The van der Waals surface area contributed by atoms with E-state index in [9.17, 15) is 2.74 Å². The second-order valence-electron chi connectivity index (χ2n) is 11.7. The highest BCUT2D eigenvalue weighted by atomic mass is 28.3. The first-order valence-corrected chi connectivity index (χ1v) is 15.9. The van der Waals surface area contributed by atoms with Crippen molar-refractivity contribution in [2.45, 2.75) is 59.7 Å². The van der Waals surface area contributed by atoms with Gasteiger partial charge >= 0.3 is 0 Å². The van der Waals surface area contributed by atoms with E-state index in [0.29, 0.717) is 11.1 Å². The fraction of sp³-hybridized carbons (Fsp3) is 0.344. The monoisotopic (exact) mass is 484 g/mol. The second-order valence-corrected chi connectivity index (χ2v) is 16.5. The molecule has 180 valence electrons. The van der Waals surface area contributed by atoms with E-state index in [1.807, 2.05) is 83.3 Å². The number of pyridine rings is 1. The van der Waals surface area contributed by atoms with Gasteiger partial charge < -0.3 is 4.42 Å². The molecule has 0 spiro atoms. The molecule has 0 saturated heterocycles. The van der Waals surface area contributed by atoms with Crippen LogP contribution in [0.15, 0.2) is 65.2 Å². The number of nitrogens with zero attached hydrogens (tertiary/aromatic N) is 1. The van der Waals surface area contributed by atoms with Gasteiger partial charge in [0, 0.05) is 41.3 Å². The van der Waals surface area contributed by atoms with E-state index in [0.717, 1.165) is 49.5 Å². The van der Waals surface area contributed by atoms with Gasteiger partial charge in [-0.2, -0.15) is 0 Å². The average Bonchev–Trinajstić information content (AvgIpc) is 3.21. The lowest BCUT2D eigenvalue weighted by Gasteiger charge is -2.23. The first-order chi connectivity index (χ1) is 18.0. The van der Waals surface area contributed by atoms with Gasteiger partial charge in [0.05, 0.1) is 5.56 Å². The van der Waals surface area contributed by atoms with Crippen LogP contribution in [0.4, 0.5) is 0 Å². The van der Waals surface area contributed by atoms with Crippen LogP contribution in [0.3, 0.4) is 0 Å². The van der Waals surface area contributed by atoms with E-state index in [1.165, 1.54) is 0 Å². The fourth-order valence-corrected chi connectivity index (χ4v) is 5.90. The van der Waals surface area contributed by atoms with Crippen LogP contribution in [0, 0.1) is 12.3 Å². The number of aromatic nitrogens is 1. The van der Waals surface area contributed by atoms with Crippen molar-refractivity contribution in [2.75, 3.05) is 0 Å². The maximum Gasteiger partial charge on any atom is 0.216 e. The lowest BCUT2D eigenvalue weighted by atomic mass is 9.86. The normalized spacial score (nSPS) is 15.3. The van der Waals surface area contributed by atoms with Gasteiger partial charge in [0.1, 0.15) is 18.2 Å². The van der Waals surface area contributed by atoms with Crippen molar-refractivity contribution in [2.24, 2.45) is 12.5 Å². The summed E-state index contributed by atoms with van der Waals surface area (Å²) in [7, 11) is -0.460. The van der Waals surface area contributed by atoms with Gasteiger partial charge in [0.15, 0.2) is 6.20 Å². The minimum Gasteiger partial charge on any atom is -0.454 e. The SMILES string of the molecule is [2H]C([2H])(c1cc(-c2c(C)ccc3c2oc2c4ccccc4ccc32)[n+](C)cc1C([2H])([2H])[Si](C)(C)C)C(C)(C)C. The molecule has 0 atom stereocenters. The van der Waals surface area contributed by atoms with Crippen molar-refractivity contribution in [3.63, 3.8) is 0 Å². The first-order valence-electron chi connectivity index (χ1n) is 14.4. The molecule has 0 aliphatic carbocycles. The molecule has 3 aromatic carbocycles. The number of fused-ring (bicyclic) bond motifs is 5. The predicted molar refractivity (Wildman–Crippen MR) is 153 cm³/mol. The molecule has 2 nitrogen and oxygen atoms in total. The molecule has 0 aliphatic heterocycles. The highest BCUT2D eigenvalue weighted by Crippen LogP contribution is 2.40. The summed E-state index contributed by atoms with van der Waals surface area (Å²) < 4.78 is 45.4. The summed E-state index contributed by atoms with van der Waals surface area (Å²) in [5, 5.41) is 4.23. The van der Waals surface area contributed by atoms with Crippen molar-refractivity contribution < 1.29 is 14.5 Å². The van der Waals surface area contributed by atoms with E-state index in [2.05, 4.69) is 36.4 Å². The summed E-state index contributed by atoms with van der Waals surface area (Å²) in [4.78, 5) is 0. The van der Waals surface area contributed by atoms with Crippen LogP contribution in [0.1, 0.15) is 42.9 Å². The van der Waals surface area contributed by atoms with Gasteiger partial charge in [0.2, 0.25) is 5.69 Å². The van der Waals surface area contributed by atoms with E-state index >= 15 is 0 Å². The molecule has 0 fully saturated rings. The zero-order valence-corrected chi connectivity index (χ0v) is 23.1. The predicted octanol–water partition coefficient (Wildman–Crippen LogP) is 8.55. The second kappa shape index (κ2) is 8.34. The topological polar surface area (TPSA) is 17.0 Å². The van der Waals surface area contributed by atoms with Crippen molar-refractivity contribution in [1.29, 1.82) is 0 Å². The number of aryl methyl sites for hydroxylation is 2. The van der Waals surface area contributed by atoms with Gasteiger partial charge in [-0.05, 0) is 47.3 Å². The van der Waals surface area contributed by atoms with Crippen molar-refractivity contribution in [3.05, 3.63) is 77.5 Å². The molecule has 35 heavy (non-hydrogen) atoms. The molecular weight excluding hydrogens is 442 g/mol. The molecule has 0 amide bonds. The Labute approximate surface area is 216 Å². The molecular formula is C32H38NOSi+. The summed E-state index contributed by atoms with van der Waals surface area (Å²) in [6, 6.07) is 18.5. The molecule has 0 unspecified atom stereocenters. The molecule has 0 saturated carbocycles. The van der Waals surface area contributed by atoms with Crippen LogP contribution in [-0.4, -0.2) is 8.07 Å². The quantitative estimate of drug-likeness (QED) is 0.184. The summed E-state index contributed by atoms with van der Waals surface area (Å²) in [6.45, 7) is 13.7. The standard InChI is InChI=1S/C32H38NOSi/c1-21-13-15-27-26-16-14-22-11-9-10-12-25(22)30(26)34-31(27)29(21)28-17-23(18-32(2,3)4)24(19-33(28)5)20-35(6,7)8/h9-17,19H,18,20H2,1-8H3/q+1/i18D2,20D2. The molecule has 2 heterocycles. The van der Waals surface area contributed by atoms with Gasteiger partial charge in [-0.1, -0.05) is 82.9 Å². The summed E-state index contributed by atoms with van der Waals surface area (Å²) in [5.74, 6) is -1.63. The Morgan fingerprint density at radius 3 is 2.29 bits per heavy atom. The lowest BCUT2D eigenvalue weighted by Crippen LogP contribution is -2.35. The van der Waals surface area contributed by atoms with Crippen molar-refractivity contribution in [3.8, 4) is 11.3 Å². The zero-order valence-electron chi connectivity index (χ0n) is 26.1.